The average molecular weight is 241 g/mol. The molecule has 1 aliphatic rings. The number of rotatable bonds is 2. The summed E-state index contributed by atoms with van der Waals surface area (Å²) < 4.78 is 5.50. The Kier molecular flexibility index (Phi) is 3.69. The number of anilines is 1. The number of halogens is 1. The lowest BCUT2D eigenvalue weighted by molar-refractivity contribution is -0.0212. The summed E-state index contributed by atoms with van der Waals surface area (Å²) in [6.07, 6.45) is 0.318. The summed E-state index contributed by atoms with van der Waals surface area (Å²) in [5.74, 6) is 0. The third kappa shape index (κ3) is 2.88. The molecule has 1 aromatic carbocycles. The summed E-state index contributed by atoms with van der Waals surface area (Å²) in [6.45, 7) is 5.77. The zero-order valence-corrected chi connectivity index (χ0v) is 10.2. The summed E-state index contributed by atoms with van der Waals surface area (Å²) in [6, 6.07) is 5.83. The Morgan fingerprint density at radius 2 is 2.38 bits per heavy atom. The molecule has 16 heavy (non-hydrogen) atoms. The molecule has 1 aromatic rings. The molecule has 3 nitrogen and oxygen atoms in total. The normalized spacial score (nSPS) is 22.2. The fraction of sp³-hybridized carbons (Fsp3) is 0.500. The highest BCUT2D eigenvalue weighted by atomic mass is 35.5. The molecule has 1 unspecified atom stereocenters. The first-order chi connectivity index (χ1) is 7.65. The molecule has 2 N–H and O–H groups in total. The van der Waals surface area contributed by atoms with Crippen LogP contribution in [0.1, 0.15) is 12.5 Å². The molecule has 1 saturated heterocycles. The molecule has 2 rings (SSSR count). The number of morpholine rings is 1. The summed E-state index contributed by atoms with van der Waals surface area (Å²) in [4.78, 5) is 2.37. The molecule has 0 spiro atoms. The topological polar surface area (TPSA) is 38.5 Å². The van der Waals surface area contributed by atoms with Gasteiger partial charge in [-0.25, -0.2) is 0 Å². The van der Waals surface area contributed by atoms with Crippen LogP contribution in [0.2, 0.25) is 5.02 Å². The van der Waals surface area contributed by atoms with Crippen molar-refractivity contribution in [3.8, 4) is 0 Å². The van der Waals surface area contributed by atoms with Crippen LogP contribution in [-0.2, 0) is 11.3 Å². The predicted octanol–water partition coefficient (Wildman–Crippen LogP) is 2.14. The first kappa shape index (κ1) is 11.7. The highest BCUT2D eigenvalue weighted by Gasteiger charge is 2.16. The molecule has 0 bridgehead atoms. The van der Waals surface area contributed by atoms with Gasteiger partial charge >= 0.3 is 0 Å². The number of nitrogens with two attached hydrogens (primary N) is 1. The van der Waals surface area contributed by atoms with Gasteiger partial charge in [-0.3, -0.25) is 4.90 Å². The lowest BCUT2D eigenvalue weighted by Gasteiger charge is -2.31. The van der Waals surface area contributed by atoms with Crippen LogP contribution in [-0.4, -0.2) is 30.7 Å². The Labute approximate surface area is 101 Å². The van der Waals surface area contributed by atoms with Crippen molar-refractivity contribution >= 4 is 17.3 Å². The van der Waals surface area contributed by atoms with Gasteiger partial charge in [0.05, 0.1) is 23.4 Å². The lowest BCUT2D eigenvalue weighted by Crippen LogP contribution is -2.40. The van der Waals surface area contributed by atoms with E-state index in [0.29, 0.717) is 16.8 Å². The maximum Gasteiger partial charge on any atom is 0.0674 e. The summed E-state index contributed by atoms with van der Waals surface area (Å²) >= 11 is 5.89. The molecule has 0 saturated carbocycles. The van der Waals surface area contributed by atoms with Gasteiger partial charge in [-0.15, -0.1) is 0 Å². The fourth-order valence-electron chi connectivity index (χ4n) is 1.98. The SMILES string of the molecule is CC1CN(Cc2ccc(Cl)c(N)c2)CCO1. The van der Waals surface area contributed by atoms with Crippen molar-refractivity contribution in [2.45, 2.75) is 19.6 Å². The van der Waals surface area contributed by atoms with Gasteiger partial charge < -0.3 is 10.5 Å². The molecule has 0 aliphatic carbocycles. The average Bonchev–Trinajstić information content (AvgIpc) is 2.24. The van der Waals surface area contributed by atoms with Crippen molar-refractivity contribution in [2.24, 2.45) is 0 Å². The standard InChI is InChI=1S/C12H17ClN2O/c1-9-7-15(4-5-16-9)8-10-2-3-11(13)12(14)6-10/h2-3,6,9H,4-5,7-8,14H2,1H3. The first-order valence-electron chi connectivity index (χ1n) is 5.53. The van der Waals surface area contributed by atoms with Gasteiger partial charge in [-0.2, -0.15) is 0 Å². The van der Waals surface area contributed by atoms with Crippen molar-refractivity contribution in [3.05, 3.63) is 28.8 Å². The molecule has 88 valence electrons. The van der Waals surface area contributed by atoms with E-state index >= 15 is 0 Å². The van der Waals surface area contributed by atoms with Gasteiger partial charge in [0.1, 0.15) is 0 Å². The molecular formula is C12H17ClN2O. The van der Waals surface area contributed by atoms with Gasteiger partial charge in [-0.05, 0) is 24.6 Å². The lowest BCUT2D eigenvalue weighted by atomic mass is 10.1. The molecule has 4 heteroatoms. The van der Waals surface area contributed by atoms with Crippen LogP contribution < -0.4 is 5.73 Å². The number of benzene rings is 1. The Morgan fingerprint density at radius 3 is 3.06 bits per heavy atom. The van der Waals surface area contributed by atoms with Crippen LogP contribution >= 0.6 is 11.6 Å². The maximum atomic E-state index is 5.89. The van der Waals surface area contributed by atoms with Crippen molar-refractivity contribution in [2.75, 3.05) is 25.4 Å². The Morgan fingerprint density at radius 1 is 1.56 bits per heavy atom. The van der Waals surface area contributed by atoms with Gasteiger partial charge in [0.15, 0.2) is 0 Å². The van der Waals surface area contributed by atoms with Crippen molar-refractivity contribution in [3.63, 3.8) is 0 Å². The van der Waals surface area contributed by atoms with Crippen LogP contribution in [0.3, 0.4) is 0 Å². The maximum absolute atomic E-state index is 5.89. The van der Waals surface area contributed by atoms with Crippen LogP contribution in [0.25, 0.3) is 0 Å². The Bertz CT molecular complexity index is 370. The molecule has 0 amide bonds. The zero-order valence-electron chi connectivity index (χ0n) is 9.45. The molecule has 0 aromatic heterocycles. The zero-order chi connectivity index (χ0) is 11.5. The van der Waals surface area contributed by atoms with E-state index in [1.54, 1.807) is 0 Å². The van der Waals surface area contributed by atoms with E-state index in [1.807, 2.05) is 18.2 Å². The molecular weight excluding hydrogens is 224 g/mol. The van der Waals surface area contributed by atoms with E-state index in [4.69, 9.17) is 22.1 Å². The summed E-state index contributed by atoms with van der Waals surface area (Å²) in [7, 11) is 0. The fourth-order valence-corrected chi connectivity index (χ4v) is 2.10. The molecule has 0 radical (unpaired) electrons. The Balaban J connectivity index is 2.00. The Hall–Kier alpha value is -0.770. The number of ether oxygens (including phenoxy) is 1. The van der Waals surface area contributed by atoms with E-state index < -0.39 is 0 Å². The van der Waals surface area contributed by atoms with Crippen LogP contribution in [0, 0.1) is 0 Å². The van der Waals surface area contributed by atoms with E-state index in [-0.39, 0.29) is 0 Å². The highest BCUT2D eigenvalue weighted by molar-refractivity contribution is 6.33. The molecule has 1 atom stereocenters. The molecule has 1 heterocycles. The van der Waals surface area contributed by atoms with Gasteiger partial charge in [0.2, 0.25) is 0 Å². The number of nitrogen functional groups attached to an aromatic ring is 1. The largest absolute Gasteiger partial charge is 0.398 e. The third-order valence-electron chi connectivity index (χ3n) is 2.79. The van der Waals surface area contributed by atoms with Crippen molar-refractivity contribution < 1.29 is 4.74 Å². The molecule has 1 fully saturated rings. The minimum atomic E-state index is 0.318. The van der Waals surface area contributed by atoms with E-state index in [0.717, 1.165) is 26.2 Å². The van der Waals surface area contributed by atoms with Crippen LogP contribution in [0.4, 0.5) is 5.69 Å². The smallest absolute Gasteiger partial charge is 0.0674 e. The monoisotopic (exact) mass is 240 g/mol. The highest BCUT2D eigenvalue weighted by Crippen LogP contribution is 2.20. The van der Waals surface area contributed by atoms with Crippen LogP contribution in [0.5, 0.6) is 0 Å². The molecule has 1 aliphatic heterocycles. The number of hydrogen-bond acceptors (Lipinski definition) is 3. The second-order valence-electron chi connectivity index (χ2n) is 4.27. The van der Waals surface area contributed by atoms with Crippen molar-refractivity contribution in [1.29, 1.82) is 0 Å². The van der Waals surface area contributed by atoms with E-state index in [9.17, 15) is 0 Å². The minimum Gasteiger partial charge on any atom is -0.398 e. The summed E-state index contributed by atoms with van der Waals surface area (Å²) in [5.41, 5.74) is 7.64. The first-order valence-corrected chi connectivity index (χ1v) is 5.91. The predicted molar refractivity (Wildman–Crippen MR) is 66.6 cm³/mol. The van der Waals surface area contributed by atoms with Gasteiger partial charge in [0, 0.05) is 19.6 Å². The number of nitrogens with zero attached hydrogens (tertiary/aromatic N) is 1. The van der Waals surface area contributed by atoms with E-state index in [2.05, 4.69) is 11.8 Å². The van der Waals surface area contributed by atoms with Crippen LogP contribution in [0.15, 0.2) is 18.2 Å². The van der Waals surface area contributed by atoms with Crippen molar-refractivity contribution in [1.82, 2.24) is 4.90 Å². The quantitative estimate of drug-likeness (QED) is 0.805. The second kappa shape index (κ2) is 5.04. The number of hydrogen-bond donors (Lipinski definition) is 1. The summed E-state index contributed by atoms with van der Waals surface area (Å²) in [5, 5.41) is 0.624. The van der Waals surface area contributed by atoms with E-state index in [1.165, 1.54) is 5.56 Å². The van der Waals surface area contributed by atoms with Gasteiger partial charge in [-0.1, -0.05) is 17.7 Å². The second-order valence-corrected chi connectivity index (χ2v) is 4.68. The van der Waals surface area contributed by atoms with Gasteiger partial charge in [0.25, 0.3) is 0 Å². The minimum absolute atomic E-state index is 0.318. The third-order valence-corrected chi connectivity index (χ3v) is 3.14.